The van der Waals surface area contributed by atoms with Crippen LogP contribution in [0.15, 0.2) is 18.2 Å². The van der Waals surface area contributed by atoms with Gasteiger partial charge in [-0.15, -0.1) is 0 Å². The Morgan fingerprint density at radius 2 is 2.06 bits per heavy atom. The van der Waals surface area contributed by atoms with Crippen LogP contribution < -0.4 is 10.5 Å². The first kappa shape index (κ1) is 14.5. The second-order valence-electron chi connectivity index (χ2n) is 5.28. The van der Waals surface area contributed by atoms with E-state index in [0.29, 0.717) is 0 Å². The molecule has 4 nitrogen and oxygen atoms in total. The number of aryl methyl sites for hydroxylation is 2. The molecule has 0 saturated carbocycles. The molecule has 1 aromatic carbocycles. The Kier molecular flexibility index (Phi) is 4.35. The molecule has 1 rings (SSSR count). The topological polar surface area (TPSA) is 72.5 Å². The maximum absolute atomic E-state index is 10.8. The van der Waals surface area contributed by atoms with Crippen LogP contribution in [0.1, 0.15) is 31.4 Å². The lowest BCUT2D eigenvalue weighted by atomic mass is 9.99. The molecule has 1 atom stereocenters. The maximum Gasteiger partial charge on any atom is 0.320 e. The van der Waals surface area contributed by atoms with Gasteiger partial charge in [-0.1, -0.05) is 12.1 Å². The minimum atomic E-state index is -1.01. The summed E-state index contributed by atoms with van der Waals surface area (Å²) in [5, 5.41) is 8.83. The van der Waals surface area contributed by atoms with Crippen molar-refractivity contribution in [1.82, 2.24) is 0 Å². The third-order valence-corrected chi connectivity index (χ3v) is 2.76. The SMILES string of the molecule is Cc1ccc(C)c(OC(C)(C)CC(N)C(=O)O)c1. The van der Waals surface area contributed by atoms with Crippen LogP contribution in [-0.4, -0.2) is 22.7 Å². The van der Waals surface area contributed by atoms with E-state index in [1.54, 1.807) is 0 Å². The third-order valence-electron chi connectivity index (χ3n) is 2.76. The van der Waals surface area contributed by atoms with Gasteiger partial charge in [0.2, 0.25) is 0 Å². The highest BCUT2D eigenvalue weighted by atomic mass is 16.5. The van der Waals surface area contributed by atoms with Crippen LogP contribution in [0.25, 0.3) is 0 Å². The van der Waals surface area contributed by atoms with Crippen molar-refractivity contribution in [3.05, 3.63) is 29.3 Å². The van der Waals surface area contributed by atoms with Gasteiger partial charge >= 0.3 is 5.97 Å². The largest absolute Gasteiger partial charge is 0.488 e. The quantitative estimate of drug-likeness (QED) is 0.842. The fraction of sp³-hybridized carbons (Fsp3) is 0.500. The minimum Gasteiger partial charge on any atom is -0.488 e. The second-order valence-corrected chi connectivity index (χ2v) is 5.28. The molecule has 1 aromatic rings. The van der Waals surface area contributed by atoms with E-state index in [4.69, 9.17) is 15.6 Å². The molecule has 0 spiro atoms. The van der Waals surface area contributed by atoms with E-state index in [0.717, 1.165) is 16.9 Å². The van der Waals surface area contributed by atoms with Crippen LogP contribution in [-0.2, 0) is 4.79 Å². The lowest BCUT2D eigenvalue weighted by Gasteiger charge is -2.29. The molecule has 0 aliphatic heterocycles. The summed E-state index contributed by atoms with van der Waals surface area (Å²) >= 11 is 0. The number of rotatable bonds is 5. The fourth-order valence-electron chi connectivity index (χ4n) is 1.77. The lowest BCUT2D eigenvalue weighted by molar-refractivity contribution is -0.139. The molecule has 0 aliphatic carbocycles. The number of carboxylic acid groups (broad SMARTS) is 1. The van der Waals surface area contributed by atoms with Crippen LogP contribution in [0, 0.1) is 13.8 Å². The van der Waals surface area contributed by atoms with Gasteiger partial charge in [-0.25, -0.2) is 0 Å². The zero-order chi connectivity index (χ0) is 13.9. The summed E-state index contributed by atoms with van der Waals surface area (Å²) < 4.78 is 5.89. The van der Waals surface area contributed by atoms with Crippen molar-refractivity contribution in [1.29, 1.82) is 0 Å². The normalized spacial score (nSPS) is 13.2. The van der Waals surface area contributed by atoms with Gasteiger partial charge in [-0.05, 0) is 44.9 Å². The van der Waals surface area contributed by atoms with Crippen molar-refractivity contribution in [2.45, 2.75) is 45.8 Å². The van der Waals surface area contributed by atoms with Gasteiger partial charge in [0, 0.05) is 6.42 Å². The van der Waals surface area contributed by atoms with E-state index in [9.17, 15) is 4.79 Å². The van der Waals surface area contributed by atoms with E-state index in [1.807, 2.05) is 45.9 Å². The number of aliphatic carboxylic acids is 1. The number of carbonyl (C=O) groups is 1. The minimum absolute atomic E-state index is 0.260. The lowest BCUT2D eigenvalue weighted by Crippen LogP contribution is -2.41. The van der Waals surface area contributed by atoms with Crippen molar-refractivity contribution in [3.8, 4) is 5.75 Å². The molecule has 1 unspecified atom stereocenters. The highest BCUT2D eigenvalue weighted by Crippen LogP contribution is 2.26. The second kappa shape index (κ2) is 5.40. The van der Waals surface area contributed by atoms with E-state index < -0.39 is 17.6 Å². The first-order valence-electron chi connectivity index (χ1n) is 5.96. The molecular formula is C14H21NO3. The number of carboxylic acids is 1. The molecular weight excluding hydrogens is 230 g/mol. The highest BCUT2D eigenvalue weighted by Gasteiger charge is 2.27. The average Bonchev–Trinajstić information content (AvgIpc) is 2.22. The predicted molar refractivity (Wildman–Crippen MR) is 70.9 cm³/mol. The summed E-state index contributed by atoms with van der Waals surface area (Å²) in [6.07, 6.45) is 0.260. The summed E-state index contributed by atoms with van der Waals surface area (Å²) in [6, 6.07) is 5.03. The van der Waals surface area contributed by atoms with E-state index in [-0.39, 0.29) is 6.42 Å². The Balaban J connectivity index is 2.81. The summed E-state index contributed by atoms with van der Waals surface area (Å²) in [7, 11) is 0. The van der Waals surface area contributed by atoms with Gasteiger partial charge in [-0.2, -0.15) is 0 Å². The predicted octanol–water partition coefficient (Wildman–Crippen LogP) is 2.26. The molecule has 0 aliphatic rings. The number of nitrogens with two attached hydrogens (primary N) is 1. The van der Waals surface area contributed by atoms with Crippen molar-refractivity contribution in [2.75, 3.05) is 0 Å². The number of ether oxygens (including phenoxy) is 1. The Labute approximate surface area is 108 Å². The van der Waals surface area contributed by atoms with Gasteiger partial charge in [0.05, 0.1) is 0 Å². The zero-order valence-corrected chi connectivity index (χ0v) is 11.4. The third kappa shape index (κ3) is 4.04. The molecule has 0 saturated heterocycles. The van der Waals surface area contributed by atoms with Crippen molar-refractivity contribution >= 4 is 5.97 Å². The Hall–Kier alpha value is -1.55. The van der Waals surface area contributed by atoms with Crippen molar-refractivity contribution < 1.29 is 14.6 Å². The van der Waals surface area contributed by atoms with E-state index in [2.05, 4.69) is 0 Å². The highest BCUT2D eigenvalue weighted by molar-refractivity contribution is 5.73. The fourth-order valence-corrected chi connectivity index (χ4v) is 1.77. The monoisotopic (exact) mass is 251 g/mol. The molecule has 0 bridgehead atoms. The van der Waals surface area contributed by atoms with Crippen LogP contribution in [0.4, 0.5) is 0 Å². The van der Waals surface area contributed by atoms with Crippen molar-refractivity contribution in [2.24, 2.45) is 5.73 Å². The Morgan fingerprint density at radius 3 is 2.61 bits per heavy atom. The van der Waals surface area contributed by atoms with Crippen LogP contribution >= 0.6 is 0 Å². The Bertz CT molecular complexity index is 441. The van der Waals surface area contributed by atoms with Crippen LogP contribution in [0.3, 0.4) is 0 Å². The zero-order valence-electron chi connectivity index (χ0n) is 11.4. The Morgan fingerprint density at radius 1 is 1.44 bits per heavy atom. The number of benzene rings is 1. The maximum atomic E-state index is 10.8. The molecule has 0 aromatic heterocycles. The standard InChI is InChI=1S/C14H21NO3/c1-9-5-6-10(2)12(7-9)18-14(3,4)8-11(15)13(16)17/h5-7,11H,8,15H2,1-4H3,(H,16,17). The molecule has 0 radical (unpaired) electrons. The molecule has 0 fully saturated rings. The van der Waals surface area contributed by atoms with Crippen LogP contribution in [0.2, 0.25) is 0 Å². The number of hydrogen-bond donors (Lipinski definition) is 2. The smallest absolute Gasteiger partial charge is 0.320 e. The molecule has 4 heteroatoms. The van der Waals surface area contributed by atoms with E-state index >= 15 is 0 Å². The van der Waals surface area contributed by atoms with Gasteiger partial charge in [0.25, 0.3) is 0 Å². The van der Waals surface area contributed by atoms with Crippen molar-refractivity contribution in [3.63, 3.8) is 0 Å². The molecule has 0 amide bonds. The molecule has 3 N–H and O–H groups in total. The number of hydrogen-bond acceptors (Lipinski definition) is 3. The molecule has 0 heterocycles. The summed E-state index contributed by atoms with van der Waals surface area (Å²) in [4.78, 5) is 10.8. The van der Waals surface area contributed by atoms with Gasteiger partial charge in [0.1, 0.15) is 17.4 Å². The van der Waals surface area contributed by atoms with Crippen LogP contribution in [0.5, 0.6) is 5.75 Å². The average molecular weight is 251 g/mol. The molecule has 100 valence electrons. The molecule has 18 heavy (non-hydrogen) atoms. The first-order valence-corrected chi connectivity index (χ1v) is 5.96. The van der Waals surface area contributed by atoms with E-state index in [1.165, 1.54) is 0 Å². The van der Waals surface area contributed by atoms with Gasteiger partial charge in [-0.3, -0.25) is 4.79 Å². The summed E-state index contributed by atoms with van der Waals surface area (Å²) in [5.74, 6) is -0.231. The van der Waals surface area contributed by atoms with Gasteiger partial charge in [0.15, 0.2) is 0 Å². The summed E-state index contributed by atoms with van der Waals surface area (Å²) in [5.41, 5.74) is 7.06. The van der Waals surface area contributed by atoms with Gasteiger partial charge < -0.3 is 15.6 Å². The first-order chi connectivity index (χ1) is 8.21. The summed E-state index contributed by atoms with van der Waals surface area (Å²) in [6.45, 7) is 7.64.